The zero-order chi connectivity index (χ0) is 16.7. The highest BCUT2D eigenvalue weighted by Crippen LogP contribution is 2.31. The van der Waals surface area contributed by atoms with Gasteiger partial charge in [0.05, 0.1) is 12.2 Å². The highest BCUT2D eigenvalue weighted by atomic mass is 32.1. The van der Waals surface area contributed by atoms with Gasteiger partial charge >= 0.3 is 0 Å². The Morgan fingerprint density at radius 3 is 3.25 bits per heavy atom. The molecule has 1 aliphatic rings. The van der Waals surface area contributed by atoms with Crippen LogP contribution in [0.3, 0.4) is 0 Å². The van der Waals surface area contributed by atoms with Gasteiger partial charge in [-0.3, -0.25) is 9.20 Å². The molecule has 0 saturated carbocycles. The lowest BCUT2D eigenvalue weighted by Gasteiger charge is -2.32. The monoisotopic (exact) mass is 342 g/mol. The second-order valence-electron chi connectivity index (χ2n) is 6.02. The molecule has 0 radical (unpaired) electrons. The smallest absolute Gasteiger partial charge is 0.238 e. The fraction of sp³-hybridized carbons (Fsp3) is 0.353. The number of hydrogen-bond donors (Lipinski definition) is 0. The van der Waals surface area contributed by atoms with Gasteiger partial charge in [0.25, 0.3) is 0 Å². The minimum absolute atomic E-state index is 0.0551. The maximum Gasteiger partial charge on any atom is 0.238 e. The van der Waals surface area contributed by atoms with Gasteiger partial charge in [-0.25, -0.2) is 9.97 Å². The minimum Gasteiger partial charge on any atom is -0.471 e. The Balaban J connectivity index is 1.52. The van der Waals surface area contributed by atoms with Crippen molar-refractivity contribution in [3.8, 4) is 5.88 Å². The molecule has 0 N–H and O–H groups in total. The molecule has 0 saturated heterocycles. The Labute approximate surface area is 143 Å². The van der Waals surface area contributed by atoms with Crippen molar-refractivity contribution >= 4 is 27.9 Å². The van der Waals surface area contributed by atoms with Crippen molar-refractivity contribution < 1.29 is 9.53 Å². The van der Waals surface area contributed by atoms with Crippen LogP contribution in [0.25, 0.3) is 4.96 Å². The van der Waals surface area contributed by atoms with Crippen LogP contribution in [0.15, 0.2) is 29.9 Å². The molecule has 4 rings (SSSR count). The topological polar surface area (TPSA) is 59.7 Å². The predicted molar refractivity (Wildman–Crippen MR) is 92.8 cm³/mol. The van der Waals surface area contributed by atoms with E-state index in [-0.39, 0.29) is 12.0 Å². The summed E-state index contributed by atoms with van der Waals surface area (Å²) in [5, 5.41) is 2.08. The van der Waals surface area contributed by atoms with E-state index in [2.05, 4.69) is 19.7 Å². The molecular formula is C17H18N4O2S. The SMILES string of the molecule is Cc1cn2c(CCC(=O)N3C[C@H](C)Oc4ncccc43)csc2n1. The fourth-order valence-corrected chi connectivity index (χ4v) is 3.94. The largest absolute Gasteiger partial charge is 0.471 e. The van der Waals surface area contributed by atoms with Crippen LogP contribution in [0.4, 0.5) is 5.69 Å². The number of aromatic nitrogens is 3. The number of carbonyl (C=O) groups excluding carboxylic acids is 1. The molecule has 0 bridgehead atoms. The van der Waals surface area contributed by atoms with Crippen molar-refractivity contribution in [1.29, 1.82) is 0 Å². The number of amides is 1. The third-order valence-corrected chi connectivity index (χ3v) is 4.98. The van der Waals surface area contributed by atoms with Crippen molar-refractivity contribution in [2.24, 2.45) is 0 Å². The summed E-state index contributed by atoms with van der Waals surface area (Å²) in [6.45, 7) is 4.49. The van der Waals surface area contributed by atoms with E-state index in [1.54, 1.807) is 22.4 Å². The third-order valence-electron chi connectivity index (χ3n) is 4.09. The molecule has 7 heteroatoms. The van der Waals surface area contributed by atoms with E-state index >= 15 is 0 Å². The number of nitrogens with zero attached hydrogens (tertiary/aromatic N) is 4. The van der Waals surface area contributed by atoms with Crippen LogP contribution in [0.5, 0.6) is 5.88 Å². The summed E-state index contributed by atoms with van der Waals surface area (Å²) in [6, 6.07) is 3.71. The van der Waals surface area contributed by atoms with E-state index in [9.17, 15) is 4.79 Å². The van der Waals surface area contributed by atoms with Crippen LogP contribution in [-0.4, -0.2) is 32.9 Å². The van der Waals surface area contributed by atoms with Gasteiger partial charge in [0, 0.05) is 29.9 Å². The van der Waals surface area contributed by atoms with Gasteiger partial charge < -0.3 is 9.64 Å². The van der Waals surface area contributed by atoms with Crippen LogP contribution in [0.2, 0.25) is 0 Å². The molecule has 1 atom stereocenters. The maximum atomic E-state index is 12.8. The van der Waals surface area contributed by atoms with Crippen LogP contribution >= 0.6 is 11.3 Å². The van der Waals surface area contributed by atoms with Gasteiger partial charge in [-0.05, 0) is 32.4 Å². The van der Waals surface area contributed by atoms with Crippen molar-refractivity contribution in [2.45, 2.75) is 32.8 Å². The van der Waals surface area contributed by atoms with Crippen LogP contribution in [0, 0.1) is 6.92 Å². The van der Waals surface area contributed by atoms with Crippen molar-refractivity contribution in [3.05, 3.63) is 41.3 Å². The molecule has 3 aromatic heterocycles. The molecule has 0 unspecified atom stereocenters. The number of hydrogen-bond acceptors (Lipinski definition) is 5. The summed E-state index contributed by atoms with van der Waals surface area (Å²) in [5.41, 5.74) is 2.88. The average molecular weight is 342 g/mol. The van der Waals surface area contributed by atoms with E-state index in [0.29, 0.717) is 25.3 Å². The summed E-state index contributed by atoms with van der Waals surface area (Å²) in [5.74, 6) is 0.628. The standard InChI is InChI=1S/C17H18N4O2S/c1-11-8-20-13(10-24-17(20)19-11)5-6-15(22)21-9-12(2)23-16-14(21)4-3-7-18-16/h3-4,7-8,10,12H,5-6,9H2,1-2H3/t12-/m0/s1. The lowest BCUT2D eigenvalue weighted by Crippen LogP contribution is -2.42. The molecule has 0 fully saturated rings. The Kier molecular flexibility index (Phi) is 3.72. The molecule has 0 spiro atoms. The number of thiazole rings is 1. The lowest BCUT2D eigenvalue weighted by atomic mass is 10.2. The predicted octanol–water partition coefficient (Wildman–Crippen LogP) is 2.85. The van der Waals surface area contributed by atoms with E-state index < -0.39 is 0 Å². The van der Waals surface area contributed by atoms with Gasteiger partial charge in [-0.15, -0.1) is 11.3 Å². The number of imidazole rings is 1. The Morgan fingerprint density at radius 1 is 1.50 bits per heavy atom. The van der Waals surface area contributed by atoms with Crippen molar-refractivity contribution in [1.82, 2.24) is 14.4 Å². The van der Waals surface area contributed by atoms with Gasteiger partial charge in [0.1, 0.15) is 11.8 Å². The quantitative estimate of drug-likeness (QED) is 0.734. The number of fused-ring (bicyclic) bond motifs is 2. The third kappa shape index (κ3) is 2.65. The second kappa shape index (κ2) is 5.90. The van der Waals surface area contributed by atoms with Crippen LogP contribution in [0.1, 0.15) is 24.7 Å². The van der Waals surface area contributed by atoms with Crippen molar-refractivity contribution in [2.75, 3.05) is 11.4 Å². The van der Waals surface area contributed by atoms with Gasteiger partial charge in [0.15, 0.2) is 4.96 Å². The van der Waals surface area contributed by atoms with E-state index in [1.165, 1.54) is 0 Å². The molecule has 0 aliphatic carbocycles. The summed E-state index contributed by atoms with van der Waals surface area (Å²) < 4.78 is 7.78. The van der Waals surface area contributed by atoms with Crippen LogP contribution < -0.4 is 9.64 Å². The summed E-state index contributed by atoms with van der Waals surface area (Å²) in [6.07, 6.45) is 4.78. The van der Waals surface area contributed by atoms with E-state index in [0.717, 1.165) is 22.0 Å². The first-order valence-corrected chi connectivity index (χ1v) is 8.84. The summed E-state index contributed by atoms with van der Waals surface area (Å²) in [4.78, 5) is 24.2. The lowest BCUT2D eigenvalue weighted by molar-refractivity contribution is -0.119. The van der Waals surface area contributed by atoms with Gasteiger partial charge in [0.2, 0.25) is 11.8 Å². The van der Waals surface area contributed by atoms with Gasteiger partial charge in [-0.1, -0.05) is 0 Å². The number of ether oxygens (including phenoxy) is 1. The highest BCUT2D eigenvalue weighted by molar-refractivity contribution is 7.15. The molecule has 124 valence electrons. The number of aryl methyl sites for hydroxylation is 2. The fourth-order valence-electron chi connectivity index (χ4n) is 2.99. The van der Waals surface area contributed by atoms with E-state index in [1.807, 2.05) is 32.2 Å². The first-order chi connectivity index (χ1) is 11.6. The summed E-state index contributed by atoms with van der Waals surface area (Å²) >= 11 is 1.61. The molecule has 6 nitrogen and oxygen atoms in total. The zero-order valence-corrected chi connectivity index (χ0v) is 14.4. The Bertz CT molecular complexity index is 901. The van der Waals surface area contributed by atoms with Crippen LogP contribution in [-0.2, 0) is 11.2 Å². The summed E-state index contributed by atoms with van der Waals surface area (Å²) in [7, 11) is 0. The molecular weight excluding hydrogens is 324 g/mol. The Hall–Kier alpha value is -2.41. The highest BCUT2D eigenvalue weighted by Gasteiger charge is 2.28. The zero-order valence-electron chi connectivity index (χ0n) is 13.6. The van der Waals surface area contributed by atoms with E-state index in [4.69, 9.17) is 4.74 Å². The van der Waals surface area contributed by atoms with Gasteiger partial charge in [-0.2, -0.15) is 0 Å². The first-order valence-electron chi connectivity index (χ1n) is 7.96. The number of pyridine rings is 1. The number of carbonyl (C=O) groups is 1. The molecule has 1 aliphatic heterocycles. The normalized spacial score (nSPS) is 16.9. The molecule has 4 heterocycles. The molecule has 24 heavy (non-hydrogen) atoms. The maximum absolute atomic E-state index is 12.8. The first kappa shape index (κ1) is 15.1. The number of anilines is 1. The average Bonchev–Trinajstić information content (AvgIpc) is 3.11. The van der Waals surface area contributed by atoms with Crippen molar-refractivity contribution in [3.63, 3.8) is 0 Å². The second-order valence-corrected chi connectivity index (χ2v) is 6.86. The Morgan fingerprint density at radius 2 is 2.38 bits per heavy atom. The molecule has 0 aromatic carbocycles. The molecule has 1 amide bonds. The minimum atomic E-state index is -0.0551. The number of rotatable bonds is 3. The molecule has 3 aromatic rings.